The molecule has 0 aromatic heterocycles. The molecular formula is C9H11ClO3. The minimum atomic E-state index is -0.963. The number of ether oxygens (including phenoxy) is 1. The molecule has 1 aliphatic rings. The fourth-order valence-electron chi connectivity index (χ4n) is 1.03. The van der Waals surface area contributed by atoms with Gasteiger partial charge in [-0.2, -0.15) is 0 Å². The standard InChI is InChI=1S/C9H11ClO3/c1-9(13-6-8(11)12)4-2-7(10)3-5-9/h2-4H,5-6H2,1H3,(H,11,12). The number of hydrogen-bond acceptors (Lipinski definition) is 2. The first-order valence-electron chi connectivity index (χ1n) is 3.92. The zero-order valence-electron chi connectivity index (χ0n) is 7.29. The lowest BCUT2D eigenvalue weighted by atomic mass is 9.97. The normalized spacial score (nSPS) is 27.1. The van der Waals surface area contributed by atoms with Crippen molar-refractivity contribution in [2.24, 2.45) is 0 Å². The summed E-state index contributed by atoms with van der Waals surface area (Å²) >= 11 is 5.71. The van der Waals surface area contributed by atoms with Crippen molar-refractivity contribution in [3.63, 3.8) is 0 Å². The van der Waals surface area contributed by atoms with Crippen LogP contribution in [0.15, 0.2) is 23.3 Å². The number of rotatable bonds is 3. The van der Waals surface area contributed by atoms with Crippen molar-refractivity contribution in [1.29, 1.82) is 0 Å². The van der Waals surface area contributed by atoms with E-state index in [2.05, 4.69) is 0 Å². The molecule has 1 aliphatic carbocycles. The molecular weight excluding hydrogens is 192 g/mol. The van der Waals surface area contributed by atoms with Crippen LogP contribution in [0.3, 0.4) is 0 Å². The van der Waals surface area contributed by atoms with Gasteiger partial charge in [0.2, 0.25) is 0 Å². The van der Waals surface area contributed by atoms with Crippen molar-refractivity contribution >= 4 is 17.6 Å². The van der Waals surface area contributed by atoms with Gasteiger partial charge < -0.3 is 9.84 Å². The first-order valence-corrected chi connectivity index (χ1v) is 4.30. The second kappa shape index (κ2) is 3.94. The summed E-state index contributed by atoms with van der Waals surface area (Å²) in [6.45, 7) is 1.54. The molecule has 0 spiro atoms. The summed E-state index contributed by atoms with van der Waals surface area (Å²) in [5.41, 5.74) is -0.531. The molecule has 72 valence electrons. The van der Waals surface area contributed by atoms with Crippen LogP contribution < -0.4 is 0 Å². The van der Waals surface area contributed by atoms with E-state index in [1.807, 2.05) is 13.0 Å². The highest BCUT2D eigenvalue weighted by Gasteiger charge is 2.23. The number of aliphatic carboxylic acids is 1. The Hall–Kier alpha value is -0.800. The lowest BCUT2D eigenvalue weighted by Crippen LogP contribution is -2.29. The van der Waals surface area contributed by atoms with Gasteiger partial charge in [-0.1, -0.05) is 23.8 Å². The van der Waals surface area contributed by atoms with Crippen LogP contribution in [0.2, 0.25) is 0 Å². The average Bonchev–Trinajstić information content (AvgIpc) is 2.08. The van der Waals surface area contributed by atoms with Crippen LogP contribution in [0.25, 0.3) is 0 Å². The Bertz CT molecular complexity index is 270. The molecule has 1 unspecified atom stereocenters. The summed E-state index contributed by atoms with van der Waals surface area (Å²) in [5.74, 6) is -0.963. The molecule has 0 heterocycles. The molecule has 13 heavy (non-hydrogen) atoms. The van der Waals surface area contributed by atoms with Gasteiger partial charge in [-0.15, -0.1) is 0 Å². The number of carbonyl (C=O) groups is 1. The molecule has 0 fully saturated rings. The molecule has 0 amide bonds. The second-order valence-corrected chi connectivity index (χ2v) is 3.56. The topological polar surface area (TPSA) is 46.5 Å². The summed E-state index contributed by atoms with van der Waals surface area (Å²) in [7, 11) is 0. The third-order valence-corrected chi connectivity index (χ3v) is 2.10. The maximum absolute atomic E-state index is 10.3. The highest BCUT2D eigenvalue weighted by atomic mass is 35.5. The monoisotopic (exact) mass is 202 g/mol. The van der Waals surface area contributed by atoms with E-state index >= 15 is 0 Å². The maximum Gasteiger partial charge on any atom is 0.329 e. The summed E-state index contributed by atoms with van der Waals surface area (Å²) in [5, 5.41) is 9.08. The molecule has 1 rings (SSSR count). The molecule has 1 N–H and O–H groups in total. The molecule has 0 aromatic rings. The number of hydrogen-bond donors (Lipinski definition) is 1. The highest BCUT2D eigenvalue weighted by Crippen LogP contribution is 2.25. The average molecular weight is 203 g/mol. The third-order valence-electron chi connectivity index (χ3n) is 1.82. The zero-order chi connectivity index (χ0) is 9.90. The van der Waals surface area contributed by atoms with E-state index in [0.717, 1.165) is 0 Å². The summed E-state index contributed by atoms with van der Waals surface area (Å²) in [6, 6.07) is 0. The van der Waals surface area contributed by atoms with Crippen LogP contribution in [0.4, 0.5) is 0 Å². The van der Waals surface area contributed by atoms with Gasteiger partial charge >= 0.3 is 5.97 Å². The molecule has 0 saturated carbocycles. The molecule has 1 atom stereocenters. The zero-order valence-corrected chi connectivity index (χ0v) is 8.04. The summed E-state index contributed by atoms with van der Waals surface area (Å²) in [4.78, 5) is 10.3. The van der Waals surface area contributed by atoms with Crippen molar-refractivity contribution in [3.05, 3.63) is 23.3 Å². The van der Waals surface area contributed by atoms with E-state index in [4.69, 9.17) is 21.4 Å². The van der Waals surface area contributed by atoms with E-state index in [-0.39, 0.29) is 6.61 Å². The van der Waals surface area contributed by atoms with Crippen LogP contribution in [0.1, 0.15) is 13.3 Å². The Morgan fingerprint density at radius 3 is 3.00 bits per heavy atom. The van der Waals surface area contributed by atoms with E-state index in [1.165, 1.54) is 0 Å². The number of carboxylic acids is 1. The SMILES string of the molecule is CC1(OCC(=O)O)C=CC(Cl)=CC1. The van der Waals surface area contributed by atoms with Crippen LogP contribution in [0.5, 0.6) is 0 Å². The van der Waals surface area contributed by atoms with Gasteiger partial charge in [0, 0.05) is 5.03 Å². The van der Waals surface area contributed by atoms with Crippen LogP contribution >= 0.6 is 11.6 Å². The first kappa shape index (κ1) is 10.3. The Morgan fingerprint density at radius 1 is 1.85 bits per heavy atom. The van der Waals surface area contributed by atoms with Crippen molar-refractivity contribution < 1.29 is 14.6 Å². The van der Waals surface area contributed by atoms with Crippen molar-refractivity contribution in [2.75, 3.05) is 6.61 Å². The van der Waals surface area contributed by atoms with Gasteiger partial charge in [-0.3, -0.25) is 0 Å². The third kappa shape index (κ3) is 3.20. The molecule has 0 aliphatic heterocycles. The fourth-order valence-corrected chi connectivity index (χ4v) is 1.17. The van der Waals surface area contributed by atoms with Crippen LogP contribution in [-0.2, 0) is 9.53 Å². The van der Waals surface area contributed by atoms with Gasteiger partial charge in [0.15, 0.2) is 0 Å². The maximum atomic E-state index is 10.3. The van der Waals surface area contributed by atoms with Crippen molar-refractivity contribution in [2.45, 2.75) is 18.9 Å². The van der Waals surface area contributed by atoms with Gasteiger partial charge in [0.25, 0.3) is 0 Å². The Morgan fingerprint density at radius 2 is 2.54 bits per heavy atom. The second-order valence-electron chi connectivity index (χ2n) is 3.12. The largest absolute Gasteiger partial charge is 0.480 e. The fraction of sp³-hybridized carbons (Fsp3) is 0.444. The molecule has 0 radical (unpaired) electrons. The van der Waals surface area contributed by atoms with Gasteiger partial charge in [0.05, 0.1) is 5.60 Å². The molecule has 0 bridgehead atoms. The van der Waals surface area contributed by atoms with Crippen LogP contribution in [-0.4, -0.2) is 23.3 Å². The summed E-state index contributed by atoms with van der Waals surface area (Å²) < 4.78 is 5.19. The Kier molecular flexibility index (Phi) is 3.12. The minimum Gasteiger partial charge on any atom is -0.480 e. The first-order chi connectivity index (χ1) is 6.02. The Labute approximate surface area is 81.6 Å². The Balaban J connectivity index is 2.50. The van der Waals surface area contributed by atoms with E-state index < -0.39 is 11.6 Å². The van der Waals surface area contributed by atoms with Crippen molar-refractivity contribution in [3.8, 4) is 0 Å². The predicted octanol–water partition coefficient (Wildman–Crippen LogP) is 1.93. The minimum absolute atomic E-state index is 0.285. The quantitative estimate of drug-likeness (QED) is 0.761. The summed E-state index contributed by atoms with van der Waals surface area (Å²) in [6.07, 6.45) is 5.91. The van der Waals surface area contributed by atoms with Gasteiger partial charge in [0.1, 0.15) is 6.61 Å². The lowest BCUT2D eigenvalue weighted by Gasteiger charge is -2.26. The predicted molar refractivity (Wildman–Crippen MR) is 49.7 cm³/mol. The van der Waals surface area contributed by atoms with E-state index in [9.17, 15) is 4.79 Å². The molecule has 0 aromatic carbocycles. The van der Waals surface area contributed by atoms with Crippen molar-refractivity contribution in [1.82, 2.24) is 0 Å². The number of carboxylic acid groups (broad SMARTS) is 1. The lowest BCUT2D eigenvalue weighted by molar-refractivity contribution is -0.146. The smallest absolute Gasteiger partial charge is 0.329 e. The highest BCUT2D eigenvalue weighted by molar-refractivity contribution is 6.31. The number of halogens is 1. The van der Waals surface area contributed by atoms with E-state index in [0.29, 0.717) is 11.5 Å². The van der Waals surface area contributed by atoms with E-state index in [1.54, 1.807) is 12.2 Å². The number of allylic oxidation sites excluding steroid dienone is 2. The molecule has 3 nitrogen and oxygen atoms in total. The van der Waals surface area contributed by atoms with Gasteiger partial charge in [-0.05, 0) is 19.4 Å². The molecule has 0 saturated heterocycles. The van der Waals surface area contributed by atoms with Gasteiger partial charge in [-0.25, -0.2) is 4.79 Å². The molecule has 4 heteroatoms. The van der Waals surface area contributed by atoms with Crippen LogP contribution in [0, 0.1) is 0 Å².